The lowest BCUT2D eigenvalue weighted by Crippen LogP contribution is -2.18. The maximum absolute atomic E-state index is 11.1. The summed E-state index contributed by atoms with van der Waals surface area (Å²) in [4.78, 5) is 15.5. The largest absolute Gasteiger partial charge is 0.481 e. The summed E-state index contributed by atoms with van der Waals surface area (Å²) in [5, 5.41) is 17.7. The van der Waals surface area contributed by atoms with Crippen LogP contribution in [0.4, 0.5) is 0 Å². The Balaban J connectivity index is 1.76. The monoisotopic (exact) mass is 456 g/mol. The zero-order valence-corrected chi connectivity index (χ0v) is 19.9. The molecule has 0 unspecified atom stereocenters. The molecule has 0 bridgehead atoms. The molecule has 0 aliphatic rings. The molecule has 4 rings (SSSR count). The van der Waals surface area contributed by atoms with Crippen molar-refractivity contribution in [3.05, 3.63) is 89.0 Å². The second kappa shape index (κ2) is 11.1. The Labute approximate surface area is 200 Å². The predicted octanol–water partition coefficient (Wildman–Crippen LogP) is 5.35. The summed E-state index contributed by atoms with van der Waals surface area (Å²) in [6.07, 6.45) is 7.07. The van der Waals surface area contributed by atoms with Crippen molar-refractivity contribution in [2.75, 3.05) is 0 Å². The van der Waals surface area contributed by atoms with Gasteiger partial charge in [0.2, 0.25) is 0 Å². The minimum Gasteiger partial charge on any atom is -0.481 e. The average Bonchev–Trinajstić information content (AvgIpc) is 3.24. The van der Waals surface area contributed by atoms with Gasteiger partial charge in [0.25, 0.3) is 0 Å². The average molecular weight is 457 g/mol. The highest BCUT2D eigenvalue weighted by molar-refractivity contribution is 5.83. The molecule has 6 nitrogen and oxygen atoms in total. The molecule has 34 heavy (non-hydrogen) atoms. The van der Waals surface area contributed by atoms with E-state index in [4.69, 9.17) is 10.2 Å². The molecule has 2 N–H and O–H groups in total. The van der Waals surface area contributed by atoms with Crippen LogP contribution < -0.4 is 5.32 Å². The van der Waals surface area contributed by atoms with Crippen LogP contribution >= 0.6 is 0 Å². The van der Waals surface area contributed by atoms with Gasteiger partial charge in [0.05, 0.1) is 11.2 Å². The third kappa shape index (κ3) is 5.51. The number of aromatic nitrogens is 3. The Hall–Kier alpha value is -3.51. The molecule has 176 valence electrons. The van der Waals surface area contributed by atoms with E-state index in [9.17, 15) is 4.79 Å². The molecule has 1 aromatic carbocycles. The summed E-state index contributed by atoms with van der Waals surface area (Å²) >= 11 is 0. The molecule has 0 saturated heterocycles. The van der Waals surface area contributed by atoms with Crippen molar-refractivity contribution in [1.82, 2.24) is 19.9 Å². The van der Waals surface area contributed by atoms with E-state index in [0.29, 0.717) is 13.0 Å². The number of carbonyl (C=O) groups is 1. The maximum atomic E-state index is 11.1. The Kier molecular flexibility index (Phi) is 7.70. The number of benzene rings is 1. The van der Waals surface area contributed by atoms with Crippen molar-refractivity contribution in [3.8, 4) is 11.1 Å². The van der Waals surface area contributed by atoms with Crippen molar-refractivity contribution in [2.24, 2.45) is 0 Å². The van der Waals surface area contributed by atoms with Crippen LogP contribution in [0.25, 0.3) is 16.6 Å². The van der Waals surface area contributed by atoms with Crippen LogP contribution in [0.2, 0.25) is 0 Å². The molecule has 0 radical (unpaired) electrons. The topological polar surface area (TPSA) is 79.5 Å². The number of aryl methyl sites for hydroxylation is 2. The highest BCUT2D eigenvalue weighted by Gasteiger charge is 2.19. The van der Waals surface area contributed by atoms with E-state index in [-0.39, 0.29) is 6.42 Å². The van der Waals surface area contributed by atoms with Crippen LogP contribution in [0.5, 0.6) is 0 Å². The van der Waals surface area contributed by atoms with E-state index in [1.807, 2.05) is 30.6 Å². The molecule has 0 aliphatic heterocycles. The molecule has 0 saturated carbocycles. The highest BCUT2D eigenvalue weighted by atomic mass is 16.4. The highest BCUT2D eigenvalue weighted by Crippen LogP contribution is 2.33. The molecular formula is C28H32N4O2. The van der Waals surface area contributed by atoms with E-state index in [1.54, 1.807) is 0 Å². The minimum absolute atomic E-state index is 0.184. The fourth-order valence-electron chi connectivity index (χ4n) is 4.45. The van der Waals surface area contributed by atoms with Gasteiger partial charge in [0, 0.05) is 48.7 Å². The van der Waals surface area contributed by atoms with Gasteiger partial charge in [0.15, 0.2) is 0 Å². The van der Waals surface area contributed by atoms with Crippen molar-refractivity contribution in [2.45, 2.75) is 59.0 Å². The Morgan fingerprint density at radius 2 is 1.88 bits per heavy atom. The van der Waals surface area contributed by atoms with Gasteiger partial charge in [0.1, 0.15) is 0 Å². The number of nitrogens with one attached hydrogen (secondary N) is 1. The number of aliphatic carboxylic acids is 1. The van der Waals surface area contributed by atoms with Crippen LogP contribution in [-0.4, -0.2) is 25.7 Å². The standard InChI is InChI=1S/C28H32N4O2/c1-3-23-13-14-26-28(22-15-20(2)16-29-18-22)24(11-7-8-12-27(33)34)25(31-32(23)26)19-30-17-21-9-5-4-6-10-21/h4-6,9-10,13-16,18,30H,3,7-8,11-12,17,19H2,1-2H3,(H,33,34). The van der Waals surface area contributed by atoms with Crippen LogP contribution in [-0.2, 0) is 30.7 Å². The van der Waals surface area contributed by atoms with E-state index >= 15 is 0 Å². The Morgan fingerprint density at radius 3 is 2.62 bits per heavy atom. The number of nitrogens with zero attached hydrogens (tertiary/aromatic N) is 3. The van der Waals surface area contributed by atoms with Crippen LogP contribution in [0.15, 0.2) is 60.9 Å². The van der Waals surface area contributed by atoms with Gasteiger partial charge in [-0.1, -0.05) is 37.3 Å². The minimum atomic E-state index is -0.749. The van der Waals surface area contributed by atoms with Crippen molar-refractivity contribution >= 4 is 11.5 Å². The first kappa shape index (κ1) is 23.6. The van der Waals surface area contributed by atoms with Gasteiger partial charge in [-0.15, -0.1) is 0 Å². The number of rotatable bonds is 11. The summed E-state index contributed by atoms with van der Waals surface area (Å²) in [6.45, 7) is 5.59. The summed E-state index contributed by atoms with van der Waals surface area (Å²) in [5.74, 6) is -0.749. The van der Waals surface area contributed by atoms with Gasteiger partial charge < -0.3 is 10.4 Å². The fraction of sp³-hybridized carbons (Fsp3) is 0.321. The van der Waals surface area contributed by atoms with Crippen molar-refractivity contribution in [3.63, 3.8) is 0 Å². The quantitative estimate of drug-likeness (QED) is 0.297. The third-order valence-corrected chi connectivity index (χ3v) is 6.12. The van der Waals surface area contributed by atoms with E-state index in [1.165, 1.54) is 16.8 Å². The molecule has 0 amide bonds. The zero-order valence-electron chi connectivity index (χ0n) is 19.9. The van der Waals surface area contributed by atoms with E-state index < -0.39 is 5.97 Å². The Morgan fingerprint density at radius 1 is 1.06 bits per heavy atom. The van der Waals surface area contributed by atoms with Gasteiger partial charge in [-0.3, -0.25) is 9.78 Å². The van der Waals surface area contributed by atoms with E-state index in [2.05, 4.69) is 59.0 Å². The first-order valence-electron chi connectivity index (χ1n) is 12.0. The number of hydrogen-bond donors (Lipinski definition) is 2. The predicted molar refractivity (Wildman–Crippen MR) is 135 cm³/mol. The smallest absolute Gasteiger partial charge is 0.303 e. The number of pyridine rings is 1. The van der Waals surface area contributed by atoms with E-state index in [0.717, 1.165) is 53.7 Å². The number of unbranched alkanes of at least 4 members (excludes halogenated alkanes) is 1. The van der Waals surface area contributed by atoms with Crippen molar-refractivity contribution < 1.29 is 9.90 Å². The summed E-state index contributed by atoms with van der Waals surface area (Å²) < 4.78 is 2.07. The van der Waals surface area contributed by atoms with Gasteiger partial charge >= 0.3 is 5.97 Å². The fourth-order valence-corrected chi connectivity index (χ4v) is 4.45. The molecule has 6 heteroatoms. The molecule has 0 fully saturated rings. The summed E-state index contributed by atoms with van der Waals surface area (Å²) in [5.41, 5.74) is 8.97. The second-order valence-electron chi connectivity index (χ2n) is 8.72. The summed E-state index contributed by atoms with van der Waals surface area (Å²) in [7, 11) is 0. The molecule has 4 aromatic rings. The molecule has 0 aliphatic carbocycles. The first-order chi connectivity index (χ1) is 16.6. The van der Waals surface area contributed by atoms with Gasteiger partial charge in [-0.25, -0.2) is 4.52 Å². The summed E-state index contributed by atoms with van der Waals surface area (Å²) in [6, 6.07) is 16.8. The SMILES string of the molecule is CCc1ccc2c(-c3cncc(C)c3)c(CCCCC(=O)O)c(CNCc3ccccc3)nn12. The molecular weight excluding hydrogens is 424 g/mol. The molecule has 3 heterocycles. The van der Waals surface area contributed by atoms with Crippen LogP contribution in [0, 0.1) is 6.92 Å². The second-order valence-corrected chi connectivity index (χ2v) is 8.72. The Bertz CT molecular complexity index is 1260. The lowest BCUT2D eigenvalue weighted by Gasteiger charge is -2.18. The van der Waals surface area contributed by atoms with Gasteiger partial charge in [-0.05, 0) is 67.5 Å². The lowest BCUT2D eigenvalue weighted by molar-refractivity contribution is -0.137. The van der Waals surface area contributed by atoms with Gasteiger partial charge in [-0.2, -0.15) is 5.10 Å². The first-order valence-corrected chi connectivity index (χ1v) is 12.0. The lowest BCUT2D eigenvalue weighted by atomic mass is 9.94. The molecule has 3 aromatic heterocycles. The van der Waals surface area contributed by atoms with Crippen LogP contribution in [0.1, 0.15) is 54.3 Å². The molecule has 0 spiro atoms. The number of fused-ring (bicyclic) bond motifs is 1. The maximum Gasteiger partial charge on any atom is 0.303 e. The number of hydrogen-bond acceptors (Lipinski definition) is 4. The van der Waals surface area contributed by atoms with Crippen molar-refractivity contribution in [1.29, 1.82) is 0 Å². The van der Waals surface area contributed by atoms with Crippen LogP contribution in [0.3, 0.4) is 0 Å². The third-order valence-electron chi connectivity index (χ3n) is 6.12. The number of carboxylic acids is 1. The molecule has 0 atom stereocenters. The number of carboxylic acid groups (broad SMARTS) is 1. The zero-order chi connectivity index (χ0) is 23.9. The normalized spacial score (nSPS) is 11.2.